The standard InChI is InChI=1S/C21H27N7O/c1-4-16-14-19(25-20(23-16)17-8-6-7-9-22-17)28-12-10-27(11-13-28)15(3)21-24-18(5-2)26-29-21/h6-9,14-15H,4-5,10-13H2,1-3H3. The molecule has 0 spiro atoms. The Labute approximate surface area is 171 Å². The molecule has 3 aromatic rings. The van der Waals surface area contributed by atoms with E-state index in [1.807, 2.05) is 25.1 Å². The summed E-state index contributed by atoms with van der Waals surface area (Å²) in [5.41, 5.74) is 1.84. The lowest BCUT2D eigenvalue weighted by Crippen LogP contribution is -2.47. The third kappa shape index (κ3) is 4.27. The average molecular weight is 393 g/mol. The first-order valence-corrected chi connectivity index (χ1v) is 10.3. The fourth-order valence-corrected chi connectivity index (χ4v) is 3.51. The van der Waals surface area contributed by atoms with Crippen LogP contribution in [0.25, 0.3) is 11.5 Å². The minimum atomic E-state index is 0.116. The summed E-state index contributed by atoms with van der Waals surface area (Å²) in [5, 5.41) is 4.02. The van der Waals surface area contributed by atoms with Crippen LogP contribution in [0.15, 0.2) is 35.0 Å². The Hall–Kier alpha value is -2.87. The van der Waals surface area contributed by atoms with Crippen LogP contribution in [0.1, 0.15) is 44.2 Å². The monoisotopic (exact) mass is 393 g/mol. The number of rotatable bonds is 6. The number of aryl methyl sites for hydroxylation is 2. The van der Waals surface area contributed by atoms with Crippen LogP contribution in [0.3, 0.4) is 0 Å². The van der Waals surface area contributed by atoms with E-state index < -0.39 is 0 Å². The molecule has 0 aliphatic carbocycles. The van der Waals surface area contributed by atoms with Crippen LogP contribution in [0.2, 0.25) is 0 Å². The Kier molecular flexibility index (Phi) is 5.80. The van der Waals surface area contributed by atoms with Gasteiger partial charge in [0.1, 0.15) is 11.5 Å². The lowest BCUT2D eigenvalue weighted by atomic mass is 10.2. The highest BCUT2D eigenvalue weighted by atomic mass is 16.5. The fraction of sp³-hybridized carbons (Fsp3) is 0.476. The molecule has 0 saturated carbocycles. The van der Waals surface area contributed by atoms with Gasteiger partial charge < -0.3 is 9.42 Å². The summed E-state index contributed by atoms with van der Waals surface area (Å²) in [6.45, 7) is 9.88. The number of nitrogens with zero attached hydrogens (tertiary/aromatic N) is 7. The first kappa shape index (κ1) is 19.4. The number of hydrogen-bond acceptors (Lipinski definition) is 8. The summed E-state index contributed by atoms with van der Waals surface area (Å²) in [4.78, 5) is 23.1. The van der Waals surface area contributed by atoms with Crippen molar-refractivity contribution in [3.8, 4) is 11.5 Å². The minimum Gasteiger partial charge on any atom is -0.354 e. The third-order valence-corrected chi connectivity index (χ3v) is 5.37. The molecule has 1 unspecified atom stereocenters. The molecule has 4 rings (SSSR count). The number of piperazine rings is 1. The van der Waals surface area contributed by atoms with Crippen molar-refractivity contribution in [1.29, 1.82) is 0 Å². The van der Waals surface area contributed by atoms with Crippen molar-refractivity contribution in [3.63, 3.8) is 0 Å². The van der Waals surface area contributed by atoms with Crippen molar-refractivity contribution in [2.45, 2.75) is 39.7 Å². The maximum Gasteiger partial charge on any atom is 0.243 e. The molecule has 3 aromatic heterocycles. The number of hydrogen-bond donors (Lipinski definition) is 0. The SMILES string of the molecule is CCc1cc(N2CCN(C(C)c3nc(CC)no3)CC2)nc(-c2ccccn2)n1. The predicted octanol–water partition coefficient (Wildman–Crippen LogP) is 2.93. The van der Waals surface area contributed by atoms with E-state index in [9.17, 15) is 0 Å². The van der Waals surface area contributed by atoms with Crippen LogP contribution < -0.4 is 4.90 Å². The summed E-state index contributed by atoms with van der Waals surface area (Å²) in [6, 6.07) is 8.03. The van der Waals surface area contributed by atoms with Gasteiger partial charge in [-0.1, -0.05) is 25.1 Å². The molecule has 0 amide bonds. The number of aromatic nitrogens is 5. The maximum atomic E-state index is 5.43. The van der Waals surface area contributed by atoms with Gasteiger partial charge in [0.15, 0.2) is 11.6 Å². The molecule has 4 heterocycles. The Morgan fingerprint density at radius 3 is 2.52 bits per heavy atom. The smallest absolute Gasteiger partial charge is 0.243 e. The van der Waals surface area contributed by atoms with Gasteiger partial charge in [0.25, 0.3) is 0 Å². The summed E-state index contributed by atoms with van der Waals surface area (Å²) in [5.74, 6) is 3.12. The molecule has 1 aliphatic rings. The van der Waals surface area contributed by atoms with Crippen molar-refractivity contribution in [1.82, 2.24) is 30.0 Å². The van der Waals surface area contributed by atoms with Crippen LogP contribution >= 0.6 is 0 Å². The number of anilines is 1. The second kappa shape index (κ2) is 8.65. The Balaban J connectivity index is 1.48. The van der Waals surface area contributed by atoms with Crippen LogP contribution in [0.5, 0.6) is 0 Å². The summed E-state index contributed by atoms with van der Waals surface area (Å²) in [7, 11) is 0. The van der Waals surface area contributed by atoms with Crippen LogP contribution in [-0.4, -0.2) is 56.2 Å². The van der Waals surface area contributed by atoms with Gasteiger partial charge in [-0.05, 0) is 25.5 Å². The quantitative estimate of drug-likeness (QED) is 0.632. The van der Waals surface area contributed by atoms with E-state index in [0.29, 0.717) is 11.7 Å². The van der Waals surface area contributed by atoms with Gasteiger partial charge in [-0.3, -0.25) is 9.88 Å². The fourth-order valence-electron chi connectivity index (χ4n) is 3.51. The van der Waals surface area contributed by atoms with E-state index in [0.717, 1.165) is 62.1 Å². The van der Waals surface area contributed by atoms with Crippen LogP contribution in [-0.2, 0) is 12.8 Å². The van der Waals surface area contributed by atoms with E-state index >= 15 is 0 Å². The molecule has 8 nitrogen and oxygen atoms in total. The van der Waals surface area contributed by atoms with Gasteiger partial charge in [-0.25, -0.2) is 9.97 Å². The lowest BCUT2D eigenvalue weighted by Gasteiger charge is -2.37. The van der Waals surface area contributed by atoms with Crippen molar-refractivity contribution in [3.05, 3.63) is 47.9 Å². The Bertz CT molecular complexity index is 935. The zero-order chi connectivity index (χ0) is 20.2. The van der Waals surface area contributed by atoms with Gasteiger partial charge in [0.05, 0.1) is 6.04 Å². The molecule has 1 fully saturated rings. The highest BCUT2D eigenvalue weighted by molar-refractivity contribution is 5.54. The maximum absolute atomic E-state index is 5.43. The van der Waals surface area contributed by atoms with Crippen LogP contribution in [0.4, 0.5) is 5.82 Å². The molecule has 29 heavy (non-hydrogen) atoms. The van der Waals surface area contributed by atoms with Gasteiger partial charge in [0.2, 0.25) is 5.89 Å². The molecule has 8 heteroatoms. The Morgan fingerprint density at radius 2 is 1.86 bits per heavy atom. The first-order valence-electron chi connectivity index (χ1n) is 10.3. The first-order chi connectivity index (χ1) is 14.2. The zero-order valence-electron chi connectivity index (χ0n) is 17.2. The summed E-state index contributed by atoms with van der Waals surface area (Å²) >= 11 is 0. The van der Waals surface area contributed by atoms with E-state index in [1.54, 1.807) is 6.20 Å². The highest BCUT2D eigenvalue weighted by Gasteiger charge is 2.26. The topological polar surface area (TPSA) is 84.1 Å². The molecule has 0 radical (unpaired) electrons. The number of pyridine rings is 1. The van der Waals surface area contributed by atoms with Gasteiger partial charge >= 0.3 is 0 Å². The largest absolute Gasteiger partial charge is 0.354 e. The average Bonchev–Trinajstić information content (AvgIpc) is 3.28. The van der Waals surface area contributed by atoms with Crippen molar-refractivity contribution >= 4 is 5.82 Å². The van der Waals surface area contributed by atoms with E-state index in [2.05, 4.69) is 49.8 Å². The van der Waals surface area contributed by atoms with Crippen LogP contribution in [0, 0.1) is 0 Å². The molecular formula is C21H27N7O. The Morgan fingerprint density at radius 1 is 1.03 bits per heavy atom. The van der Waals surface area contributed by atoms with Gasteiger partial charge in [0, 0.05) is 50.6 Å². The van der Waals surface area contributed by atoms with E-state index in [4.69, 9.17) is 9.51 Å². The van der Waals surface area contributed by atoms with E-state index in [1.165, 1.54) is 0 Å². The zero-order valence-corrected chi connectivity index (χ0v) is 17.2. The molecule has 1 saturated heterocycles. The molecule has 0 bridgehead atoms. The summed E-state index contributed by atoms with van der Waals surface area (Å²) < 4.78 is 5.43. The van der Waals surface area contributed by atoms with Crippen molar-refractivity contribution in [2.24, 2.45) is 0 Å². The van der Waals surface area contributed by atoms with Crippen molar-refractivity contribution in [2.75, 3.05) is 31.1 Å². The lowest BCUT2D eigenvalue weighted by molar-refractivity contribution is 0.164. The molecule has 152 valence electrons. The third-order valence-electron chi connectivity index (χ3n) is 5.37. The van der Waals surface area contributed by atoms with Gasteiger partial charge in [-0.15, -0.1) is 0 Å². The predicted molar refractivity (Wildman–Crippen MR) is 111 cm³/mol. The molecule has 0 N–H and O–H groups in total. The van der Waals surface area contributed by atoms with Gasteiger partial charge in [-0.2, -0.15) is 4.98 Å². The minimum absolute atomic E-state index is 0.116. The highest BCUT2D eigenvalue weighted by Crippen LogP contribution is 2.24. The summed E-state index contributed by atoms with van der Waals surface area (Å²) in [6.07, 6.45) is 3.43. The van der Waals surface area contributed by atoms with E-state index in [-0.39, 0.29) is 6.04 Å². The molecule has 0 aromatic carbocycles. The molecular weight excluding hydrogens is 366 g/mol. The molecule has 1 aliphatic heterocycles. The second-order valence-corrected chi connectivity index (χ2v) is 7.21. The second-order valence-electron chi connectivity index (χ2n) is 7.21. The molecule has 1 atom stereocenters. The normalized spacial score (nSPS) is 16.2. The van der Waals surface area contributed by atoms with Crippen molar-refractivity contribution < 1.29 is 4.52 Å².